The van der Waals surface area contributed by atoms with Gasteiger partial charge >= 0.3 is 0 Å². The molecule has 0 fully saturated rings. The minimum atomic E-state index is 0. The van der Waals surface area contributed by atoms with Gasteiger partial charge in [-0.25, -0.2) is 0 Å². The van der Waals surface area contributed by atoms with E-state index in [0.29, 0.717) is 6.54 Å². The first-order valence-corrected chi connectivity index (χ1v) is 10.6. The number of nitrogens with one attached hydrogen (secondary N) is 2. The molecule has 6 nitrogen and oxygen atoms in total. The van der Waals surface area contributed by atoms with Crippen LogP contribution >= 0.6 is 35.3 Å². The summed E-state index contributed by atoms with van der Waals surface area (Å²) in [7, 11) is 3.45. The highest BCUT2D eigenvalue weighted by Gasteiger charge is 2.16. The van der Waals surface area contributed by atoms with Crippen molar-refractivity contribution in [1.29, 1.82) is 0 Å². The monoisotopic (exact) mass is 530 g/mol. The second-order valence-electron chi connectivity index (χ2n) is 6.88. The molecule has 1 aromatic heterocycles. The van der Waals surface area contributed by atoms with E-state index in [9.17, 15) is 0 Å². The van der Waals surface area contributed by atoms with Crippen molar-refractivity contribution in [1.82, 2.24) is 15.5 Å². The third-order valence-corrected chi connectivity index (χ3v) is 5.79. The van der Waals surface area contributed by atoms with Crippen LogP contribution in [0.2, 0.25) is 0 Å². The summed E-state index contributed by atoms with van der Waals surface area (Å²) >= 11 is 1.88. The molecular weight excluding hydrogens is 499 g/mol. The number of methoxy groups -OCH3 is 1. The highest BCUT2D eigenvalue weighted by molar-refractivity contribution is 14.0. The Bertz CT molecular complexity index is 784. The highest BCUT2D eigenvalue weighted by atomic mass is 127. The van der Waals surface area contributed by atoms with Crippen molar-refractivity contribution < 1.29 is 9.47 Å². The molecule has 2 aromatic rings. The number of aliphatic imine (C=N–C) groups is 1. The lowest BCUT2D eigenvalue weighted by molar-refractivity contribution is 0.222. The zero-order chi connectivity index (χ0) is 19.8. The van der Waals surface area contributed by atoms with Gasteiger partial charge in [0.05, 0.1) is 13.7 Å². The molecule has 160 valence electrons. The summed E-state index contributed by atoms with van der Waals surface area (Å²) in [5.41, 5.74) is 1.49. The van der Waals surface area contributed by atoms with Crippen LogP contribution < -0.4 is 20.1 Å². The van der Waals surface area contributed by atoms with Gasteiger partial charge in [0, 0.05) is 44.2 Å². The summed E-state index contributed by atoms with van der Waals surface area (Å²) in [5.74, 6) is 2.39. The van der Waals surface area contributed by atoms with E-state index in [-0.39, 0.29) is 30.1 Å². The van der Waals surface area contributed by atoms with Gasteiger partial charge in [-0.15, -0.1) is 35.3 Å². The molecule has 0 bridgehead atoms. The second-order valence-corrected chi connectivity index (χ2v) is 7.88. The SMILES string of the molecule is CN=C(NCCN1CCc2sccc2C1)NCC(C)Oc1cccc(OC)c1.I. The van der Waals surface area contributed by atoms with Gasteiger partial charge in [-0.2, -0.15) is 0 Å². The van der Waals surface area contributed by atoms with Gasteiger partial charge in [0.25, 0.3) is 0 Å². The minimum Gasteiger partial charge on any atom is -0.497 e. The molecule has 0 aliphatic carbocycles. The van der Waals surface area contributed by atoms with E-state index in [1.807, 2.05) is 42.5 Å². The van der Waals surface area contributed by atoms with E-state index >= 15 is 0 Å². The predicted octanol–water partition coefficient (Wildman–Crippen LogP) is 3.37. The lowest BCUT2D eigenvalue weighted by atomic mass is 10.1. The molecule has 0 amide bonds. The third-order valence-electron chi connectivity index (χ3n) is 4.77. The van der Waals surface area contributed by atoms with Crippen molar-refractivity contribution in [3.63, 3.8) is 0 Å². The van der Waals surface area contributed by atoms with Crippen LogP contribution in [0.3, 0.4) is 0 Å². The van der Waals surface area contributed by atoms with Crippen LogP contribution in [0.25, 0.3) is 0 Å². The maximum Gasteiger partial charge on any atom is 0.191 e. The van der Waals surface area contributed by atoms with Crippen LogP contribution in [0.15, 0.2) is 40.7 Å². The predicted molar refractivity (Wildman–Crippen MR) is 131 cm³/mol. The standard InChI is InChI=1S/C21H30N4O2S.HI/c1-16(27-19-6-4-5-18(13-19)26-3)14-24-21(22-2)23-9-11-25-10-7-20-17(15-25)8-12-28-20;/h4-6,8,12-13,16H,7,9-11,14-15H2,1-3H3,(H2,22,23,24);1H. The molecule has 1 aromatic carbocycles. The summed E-state index contributed by atoms with van der Waals surface area (Å²) in [6, 6.07) is 9.91. The smallest absolute Gasteiger partial charge is 0.191 e. The van der Waals surface area contributed by atoms with E-state index in [4.69, 9.17) is 9.47 Å². The van der Waals surface area contributed by atoms with Crippen molar-refractivity contribution in [2.45, 2.75) is 26.0 Å². The quantitative estimate of drug-likeness (QED) is 0.312. The van der Waals surface area contributed by atoms with Crippen molar-refractivity contribution in [3.05, 3.63) is 46.2 Å². The molecule has 2 N–H and O–H groups in total. The molecule has 0 saturated heterocycles. The maximum absolute atomic E-state index is 5.94. The normalized spacial score (nSPS) is 15.1. The minimum absolute atomic E-state index is 0. The number of nitrogens with zero attached hydrogens (tertiary/aromatic N) is 2. The second kappa shape index (κ2) is 12.2. The van der Waals surface area contributed by atoms with Crippen LogP contribution in [-0.2, 0) is 13.0 Å². The Hall–Kier alpha value is -1.52. The van der Waals surface area contributed by atoms with Gasteiger partial charge in [-0.05, 0) is 42.5 Å². The average Bonchev–Trinajstić information content (AvgIpc) is 3.18. The number of halogens is 1. The first kappa shape index (κ1) is 23.8. The Kier molecular flexibility index (Phi) is 10.0. The largest absolute Gasteiger partial charge is 0.497 e. The zero-order valence-electron chi connectivity index (χ0n) is 17.3. The fourth-order valence-corrected chi connectivity index (χ4v) is 4.13. The first-order chi connectivity index (χ1) is 13.7. The Morgan fingerprint density at radius 2 is 2.10 bits per heavy atom. The van der Waals surface area contributed by atoms with Crippen LogP contribution in [0.5, 0.6) is 11.5 Å². The van der Waals surface area contributed by atoms with Gasteiger partial charge in [0.15, 0.2) is 5.96 Å². The molecule has 8 heteroatoms. The molecule has 0 saturated carbocycles. The Morgan fingerprint density at radius 3 is 2.90 bits per heavy atom. The number of hydrogen-bond donors (Lipinski definition) is 2. The summed E-state index contributed by atoms with van der Waals surface area (Å²) < 4.78 is 11.2. The van der Waals surface area contributed by atoms with Crippen LogP contribution in [0.4, 0.5) is 0 Å². The number of hydrogen-bond acceptors (Lipinski definition) is 5. The van der Waals surface area contributed by atoms with Crippen LogP contribution in [0.1, 0.15) is 17.4 Å². The fraction of sp³-hybridized carbons (Fsp3) is 0.476. The van der Waals surface area contributed by atoms with Crippen LogP contribution in [-0.4, -0.2) is 57.3 Å². The Labute approximate surface area is 194 Å². The lowest BCUT2D eigenvalue weighted by Crippen LogP contribution is -2.44. The Morgan fingerprint density at radius 1 is 1.28 bits per heavy atom. The van der Waals surface area contributed by atoms with Crippen molar-refractivity contribution >= 4 is 41.3 Å². The third kappa shape index (κ3) is 7.35. The van der Waals surface area contributed by atoms with Gasteiger partial charge in [-0.3, -0.25) is 9.89 Å². The van der Waals surface area contributed by atoms with E-state index in [2.05, 4.69) is 32.0 Å². The average molecular weight is 530 g/mol. The maximum atomic E-state index is 5.94. The van der Waals surface area contributed by atoms with E-state index in [0.717, 1.165) is 43.6 Å². The highest BCUT2D eigenvalue weighted by Crippen LogP contribution is 2.23. The summed E-state index contributed by atoms with van der Waals surface area (Å²) in [5, 5.41) is 8.93. The number of ether oxygens (including phenoxy) is 2. The van der Waals surface area contributed by atoms with Crippen molar-refractivity contribution in [3.8, 4) is 11.5 Å². The first-order valence-electron chi connectivity index (χ1n) is 9.70. The van der Waals surface area contributed by atoms with Crippen LogP contribution in [0, 0.1) is 0 Å². The Balaban J connectivity index is 0.00000300. The molecule has 29 heavy (non-hydrogen) atoms. The molecule has 1 unspecified atom stereocenters. The molecule has 2 heterocycles. The van der Waals surface area contributed by atoms with E-state index in [1.165, 1.54) is 12.0 Å². The number of fused-ring (bicyclic) bond motifs is 1. The van der Waals surface area contributed by atoms with Gasteiger partial charge in [0.2, 0.25) is 0 Å². The van der Waals surface area contributed by atoms with Crippen molar-refractivity contribution in [2.24, 2.45) is 4.99 Å². The summed E-state index contributed by atoms with van der Waals surface area (Å²) in [6.07, 6.45) is 1.17. The molecule has 1 aliphatic rings. The summed E-state index contributed by atoms with van der Waals surface area (Å²) in [6.45, 7) is 6.76. The fourth-order valence-electron chi connectivity index (χ4n) is 3.24. The molecular formula is C21H31IN4O2S. The van der Waals surface area contributed by atoms with E-state index in [1.54, 1.807) is 19.0 Å². The van der Waals surface area contributed by atoms with Gasteiger partial charge in [0.1, 0.15) is 17.6 Å². The van der Waals surface area contributed by atoms with Gasteiger partial charge in [-0.1, -0.05) is 6.07 Å². The number of guanidine groups is 1. The number of thiophene rings is 1. The topological polar surface area (TPSA) is 58.1 Å². The van der Waals surface area contributed by atoms with Crippen molar-refractivity contribution in [2.75, 3.05) is 40.3 Å². The molecule has 1 aliphatic heterocycles. The molecule has 1 atom stereocenters. The van der Waals surface area contributed by atoms with Gasteiger partial charge < -0.3 is 20.1 Å². The summed E-state index contributed by atoms with van der Waals surface area (Å²) in [4.78, 5) is 8.34. The van der Waals surface area contributed by atoms with E-state index < -0.39 is 0 Å². The molecule has 0 radical (unpaired) electrons. The molecule has 0 spiro atoms. The lowest BCUT2D eigenvalue weighted by Gasteiger charge is -2.27. The number of rotatable bonds is 8. The zero-order valence-corrected chi connectivity index (χ0v) is 20.5. The number of benzene rings is 1. The molecule has 3 rings (SSSR count).